The molecule has 0 saturated carbocycles. The lowest BCUT2D eigenvalue weighted by atomic mass is 10.0. The van der Waals surface area contributed by atoms with Crippen LogP contribution in [0.25, 0.3) is 0 Å². The molecular formula is C16H34O4. The molecule has 0 spiro atoms. The summed E-state index contributed by atoms with van der Waals surface area (Å²) in [5, 5.41) is 19.2. The Morgan fingerprint density at radius 2 is 1.65 bits per heavy atom. The smallest absolute Gasteiger partial charge is 0.106 e. The maximum Gasteiger partial charge on any atom is 0.106 e. The Morgan fingerprint density at radius 3 is 2.15 bits per heavy atom. The van der Waals surface area contributed by atoms with E-state index in [2.05, 4.69) is 13.8 Å². The van der Waals surface area contributed by atoms with Crippen molar-refractivity contribution in [3.8, 4) is 0 Å². The lowest BCUT2D eigenvalue weighted by Crippen LogP contribution is -2.44. The topological polar surface area (TPSA) is 58.9 Å². The van der Waals surface area contributed by atoms with E-state index in [-0.39, 0.29) is 13.2 Å². The molecule has 0 aliphatic heterocycles. The van der Waals surface area contributed by atoms with Crippen molar-refractivity contribution in [3.63, 3.8) is 0 Å². The Morgan fingerprint density at radius 1 is 1.05 bits per heavy atom. The van der Waals surface area contributed by atoms with Crippen LogP contribution < -0.4 is 0 Å². The summed E-state index contributed by atoms with van der Waals surface area (Å²) in [6.07, 6.45) is 2.01. The van der Waals surface area contributed by atoms with Crippen molar-refractivity contribution in [1.82, 2.24) is 0 Å². The molecule has 0 aromatic heterocycles. The van der Waals surface area contributed by atoms with E-state index in [4.69, 9.17) is 14.6 Å². The summed E-state index contributed by atoms with van der Waals surface area (Å²) >= 11 is 0. The summed E-state index contributed by atoms with van der Waals surface area (Å²) in [7, 11) is 0. The molecule has 2 N–H and O–H groups in total. The second-order valence-electron chi connectivity index (χ2n) is 7.05. The highest BCUT2D eigenvalue weighted by molar-refractivity contribution is 4.80. The number of aliphatic hydroxyl groups excluding tert-OH is 2. The van der Waals surface area contributed by atoms with Gasteiger partial charge in [0.25, 0.3) is 0 Å². The van der Waals surface area contributed by atoms with Crippen LogP contribution in [-0.4, -0.2) is 47.3 Å². The lowest BCUT2D eigenvalue weighted by molar-refractivity contribution is -0.148. The van der Waals surface area contributed by atoms with Gasteiger partial charge in [0.1, 0.15) is 6.10 Å². The fourth-order valence-corrected chi connectivity index (χ4v) is 1.77. The molecule has 122 valence electrons. The molecule has 1 unspecified atom stereocenters. The van der Waals surface area contributed by atoms with Crippen LogP contribution in [0.15, 0.2) is 0 Å². The standard InChI is InChI=1S/C16H34O4/c1-13(2)8-7-11-19-16(5,6)14(18)12-20-15(3,4)9-10-17/h13-14,17-18H,7-12H2,1-6H3. The Bertz CT molecular complexity index is 249. The molecule has 0 rings (SSSR count). The van der Waals surface area contributed by atoms with Gasteiger partial charge in [0.15, 0.2) is 0 Å². The average molecular weight is 290 g/mol. The van der Waals surface area contributed by atoms with E-state index in [1.54, 1.807) is 0 Å². The normalized spacial score (nSPS) is 14.8. The Hall–Kier alpha value is -0.160. The van der Waals surface area contributed by atoms with Gasteiger partial charge in [-0.3, -0.25) is 0 Å². The highest BCUT2D eigenvalue weighted by Gasteiger charge is 2.30. The third-order valence-corrected chi connectivity index (χ3v) is 3.55. The summed E-state index contributed by atoms with van der Waals surface area (Å²) in [4.78, 5) is 0. The molecule has 20 heavy (non-hydrogen) atoms. The van der Waals surface area contributed by atoms with Gasteiger partial charge in [0.2, 0.25) is 0 Å². The quantitative estimate of drug-likeness (QED) is 0.574. The maximum atomic E-state index is 10.2. The third-order valence-electron chi connectivity index (χ3n) is 3.55. The maximum absolute atomic E-state index is 10.2. The van der Waals surface area contributed by atoms with E-state index in [1.165, 1.54) is 0 Å². The van der Waals surface area contributed by atoms with E-state index in [9.17, 15) is 5.11 Å². The molecular weight excluding hydrogens is 256 g/mol. The van der Waals surface area contributed by atoms with Crippen molar-refractivity contribution in [2.45, 2.75) is 78.1 Å². The first-order valence-electron chi connectivity index (χ1n) is 7.67. The van der Waals surface area contributed by atoms with E-state index in [0.29, 0.717) is 18.9 Å². The van der Waals surface area contributed by atoms with Crippen molar-refractivity contribution in [2.75, 3.05) is 19.8 Å². The van der Waals surface area contributed by atoms with Crippen molar-refractivity contribution >= 4 is 0 Å². The summed E-state index contributed by atoms with van der Waals surface area (Å²) in [6.45, 7) is 12.9. The van der Waals surface area contributed by atoms with Crippen LogP contribution in [0.5, 0.6) is 0 Å². The number of rotatable bonds is 11. The second-order valence-corrected chi connectivity index (χ2v) is 7.05. The molecule has 0 aromatic rings. The van der Waals surface area contributed by atoms with Gasteiger partial charge in [0, 0.05) is 13.2 Å². The third kappa shape index (κ3) is 8.90. The molecule has 0 radical (unpaired) electrons. The average Bonchev–Trinajstić information content (AvgIpc) is 2.31. The molecule has 0 aliphatic carbocycles. The first-order valence-corrected chi connectivity index (χ1v) is 7.67. The van der Waals surface area contributed by atoms with Gasteiger partial charge in [-0.2, -0.15) is 0 Å². The molecule has 0 fully saturated rings. The first-order chi connectivity index (χ1) is 9.10. The van der Waals surface area contributed by atoms with E-state index >= 15 is 0 Å². The predicted molar refractivity (Wildman–Crippen MR) is 81.8 cm³/mol. The Labute approximate surface area is 124 Å². The van der Waals surface area contributed by atoms with Crippen LogP contribution in [0.1, 0.15) is 60.8 Å². The molecule has 0 heterocycles. The molecule has 0 bridgehead atoms. The number of ether oxygens (including phenoxy) is 2. The molecule has 4 heteroatoms. The fraction of sp³-hybridized carbons (Fsp3) is 1.00. The van der Waals surface area contributed by atoms with Crippen molar-refractivity contribution in [3.05, 3.63) is 0 Å². The van der Waals surface area contributed by atoms with Crippen molar-refractivity contribution in [1.29, 1.82) is 0 Å². The van der Waals surface area contributed by atoms with E-state index in [0.717, 1.165) is 12.8 Å². The Kier molecular flexibility index (Phi) is 8.91. The van der Waals surface area contributed by atoms with Gasteiger partial charge in [-0.15, -0.1) is 0 Å². The zero-order valence-electron chi connectivity index (χ0n) is 14.1. The van der Waals surface area contributed by atoms with Crippen LogP contribution >= 0.6 is 0 Å². The largest absolute Gasteiger partial charge is 0.396 e. The monoisotopic (exact) mass is 290 g/mol. The van der Waals surface area contributed by atoms with Crippen molar-refractivity contribution < 1.29 is 19.7 Å². The molecule has 0 aliphatic rings. The summed E-state index contributed by atoms with van der Waals surface area (Å²) in [5.41, 5.74) is -1.05. The minimum absolute atomic E-state index is 0.0815. The lowest BCUT2D eigenvalue weighted by Gasteiger charge is -2.33. The van der Waals surface area contributed by atoms with Crippen LogP contribution in [-0.2, 0) is 9.47 Å². The minimum Gasteiger partial charge on any atom is -0.396 e. The Balaban J connectivity index is 4.07. The fourth-order valence-electron chi connectivity index (χ4n) is 1.77. The first kappa shape index (κ1) is 19.8. The number of aliphatic hydroxyl groups is 2. The van der Waals surface area contributed by atoms with E-state index < -0.39 is 17.3 Å². The zero-order chi connectivity index (χ0) is 15.8. The van der Waals surface area contributed by atoms with Crippen LogP contribution in [0.2, 0.25) is 0 Å². The molecule has 0 aromatic carbocycles. The van der Waals surface area contributed by atoms with Crippen LogP contribution in [0, 0.1) is 5.92 Å². The minimum atomic E-state index is -0.681. The summed E-state index contributed by atoms with van der Waals surface area (Å²) < 4.78 is 11.5. The number of hydrogen-bond acceptors (Lipinski definition) is 4. The highest BCUT2D eigenvalue weighted by Crippen LogP contribution is 2.20. The highest BCUT2D eigenvalue weighted by atomic mass is 16.5. The SMILES string of the molecule is CC(C)CCCOC(C)(C)C(O)COC(C)(C)CCO. The van der Waals surface area contributed by atoms with E-state index in [1.807, 2.05) is 27.7 Å². The van der Waals surface area contributed by atoms with Gasteiger partial charge >= 0.3 is 0 Å². The van der Waals surface area contributed by atoms with Gasteiger partial charge in [-0.25, -0.2) is 0 Å². The molecule has 0 saturated heterocycles. The van der Waals surface area contributed by atoms with Gasteiger partial charge in [-0.05, 0) is 52.9 Å². The zero-order valence-corrected chi connectivity index (χ0v) is 14.1. The molecule has 4 nitrogen and oxygen atoms in total. The van der Waals surface area contributed by atoms with Crippen LogP contribution in [0.3, 0.4) is 0 Å². The second kappa shape index (κ2) is 8.98. The van der Waals surface area contributed by atoms with Gasteiger partial charge in [0.05, 0.1) is 17.8 Å². The molecule has 1 atom stereocenters. The molecule has 0 amide bonds. The summed E-state index contributed by atoms with van der Waals surface area (Å²) in [6, 6.07) is 0. The van der Waals surface area contributed by atoms with Gasteiger partial charge in [-0.1, -0.05) is 13.8 Å². The number of hydrogen-bond donors (Lipinski definition) is 2. The summed E-state index contributed by atoms with van der Waals surface area (Å²) in [5.74, 6) is 0.675. The predicted octanol–water partition coefficient (Wildman–Crippen LogP) is 2.76. The van der Waals surface area contributed by atoms with Crippen LogP contribution in [0.4, 0.5) is 0 Å². The van der Waals surface area contributed by atoms with Crippen molar-refractivity contribution in [2.24, 2.45) is 5.92 Å². The van der Waals surface area contributed by atoms with Gasteiger partial charge < -0.3 is 19.7 Å².